The van der Waals surface area contributed by atoms with Gasteiger partial charge in [0.05, 0.1) is 11.6 Å². The van der Waals surface area contributed by atoms with Crippen molar-refractivity contribution in [1.29, 1.82) is 5.26 Å². The van der Waals surface area contributed by atoms with E-state index in [0.717, 1.165) is 30.2 Å². The molecule has 1 aromatic rings. The molecule has 0 saturated heterocycles. The van der Waals surface area contributed by atoms with Crippen molar-refractivity contribution in [3.05, 3.63) is 47.5 Å². The third kappa shape index (κ3) is 5.34. The molecule has 2 rings (SSSR count). The second-order valence-corrected chi connectivity index (χ2v) is 6.10. The quantitative estimate of drug-likeness (QED) is 0.658. The van der Waals surface area contributed by atoms with Gasteiger partial charge in [-0.15, -0.1) is 0 Å². The molecule has 0 aliphatic heterocycles. The fourth-order valence-corrected chi connectivity index (χ4v) is 3.22. The molecule has 0 aromatic heterocycles. The molecule has 0 heterocycles. The Morgan fingerprint density at radius 1 is 1.05 bits per heavy atom. The number of benzene rings is 1. The lowest BCUT2D eigenvalue weighted by Crippen LogP contribution is -2.14. The van der Waals surface area contributed by atoms with Crippen LogP contribution in [0.15, 0.2) is 36.4 Å². The number of hydrogen-bond donors (Lipinski definition) is 0. The van der Waals surface area contributed by atoms with Crippen LogP contribution in [0.5, 0.6) is 0 Å². The normalized spacial score (nSPS) is 22.3. The van der Waals surface area contributed by atoms with Gasteiger partial charge in [-0.3, -0.25) is 0 Å². The molecule has 0 radical (unpaired) electrons. The van der Waals surface area contributed by atoms with Crippen molar-refractivity contribution in [2.75, 3.05) is 6.67 Å². The van der Waals surface area contributed by atoms with E-state index in [2.05, 4.69) is 18.2 Å². The first kappa shape index (κ1) is 15.8. The van der Waals surface area contributed by atoms with Crippen LogP contribution in [-0.4, -0.2) is 6.67 Å². The number of rotatable bonds is 6. The summed E-state index contributed by atoms with van der Waals surface area (Å²) in [6, 6.07) is 10.1. The Labute approximate surface area is 127 Å². The van der Waals surface area contributed by atoms with Crippen LogP contribution in [0.25, 0.3) is 0 Å². The molecule has 112 valence electrons. The van der Waals surface area contributed by atoms with Crippen molar-refractivity contribution in [3.63, 3.8) is 0 Å². The van der Waals surface area contributed by atoms with Crippen LogP contribution in [0, 0.1) is 23.2 Å². The van der Waals surface area contributed by atoms with Gasteiger partial charge in [-0.25, -0.2) is 4.39 Å². The molecule has 1 nitrogen and oxygen atoms in total. The summed E-state index contributed by atoms with van der Waals surface area (Å²) in [5.41, 5.74) is 2.07. The van der Waals surface area contributed by atoms with Crippen molar-refractivity contribution < 1.29 is 4.39 Å². The molecule has 1 aliphatic rings. The third-order valence-electron chi connectivity index (χ3n) is 4.62. The minimum absolute atomic E-state index is 0.333. The summed E-state index contributed by atoms with van der Waals surface area (Å²) in [6.45, 7) is -0.333. The van der Waals surface area contributed by atoms with Gasteiger partial charge in [0.15, 0.2) is 0 Å². The molecule has 0 spiro atoms. The topological polar surface area (TPSA) is 23.8 Å². The molecular formula is C19H24FN. The smallest absolute Gasteiger partial charge is 0.108 e. The summed E-state index contributed by atoms with van der Waals surface area (Å²) in [5, 5.41) is 8.79. The van der Waals surface area contributed by atoms with Crippen molar-refractivity contribution in [3.8, 4) is 6.07 Å². The molecule has 1 aromatic carbocycles. The molecule has 0 atom stereocenters. The number of nitrogens with zero attached hydrogens (tertiary/aromatic N) is 1. The van der Waals surface area contributed by atoms with Gasteiger partial charge in [-0.1, -0.05) is 37.1 Å². The van der Waals surface area contributed by atoms with Crippen LogP contribution < -0.4 is 0 Å². The molecule has 1 aliphatic carbocycles. The Balaban J connectivity index is 1.68. The first-order chi connectivity index (χ1) is 10.3. The summed E-state index contributed by atoms with van der Waals surface area (Å²) in [5.74, 6) is 1.60. The fraction of sp³-hybridized carbons (Fsp3) is 0.526. The highest BCUT2D eigenvalue weighted by Gasteiger charge is 2.20. The van der Waals surface area contributed by atoms with Gasteiger partial charge < -0.3 is 0 Å². The van der Waals surface area contributed by atoms with E-state index in [1.807, 2.05) is 18.2 Å². The van der Waals surface area contributed by atoms with Gasteiger partial charge in [0.2, 0.25) is 0 Å². The van der Waals surface area contributed by atoms with Gasteiger partial charge in [-0.2, -0.15) is 5.26 Å². The number of aryl methyl sites for hydroxylation is 1. The fourth-order valence-electron chi connectivity index (χ4n) is 3.22. The van der Waals surface area contributed by atoms with Crippen LogP contribution >= 0.6 is 0 Å². The summed E-state index contributed by atoms with van der Waals surface area (Å²) in [6.07, 6.45) is 12.2. The maximum absolute atomic E-state index is 12.0. The summed E-state index contributed by atoms with van der Waals surface area (Å²) < 4.78 is 12.0. The highest BCUT2D eigenvalue weighted by Crippen LogP contribution is 2.33. The monoisotopic (exact) mass is 285 g/mol. The largest absolute Gasteiger partial charge is 0.247 e. The minimum atomic E-state index is -0.333. The van der Waals surface area contributed by atoms with E-state index < -0.39 is 0 Å². The van der Waals surface area contributed by atoms with Gasteiger partial charge in [-0.05, 0) is 61.6 Å². The Kier molecular flexibility index (Phi) is 6.47. The third-order valence-corrected chi connectivity index (χ3v) is 4.62. The van der Waals surface area contributed by atoms with Crippen molar-refractivity contribution in [1.82, 2.24) is 0 Å². The van der Waals surface area contributed by atoms with Gasteiger partial charge in [0.25, 0.3) is 0 Å². The molecule has 0 amide bonds. The lowest BCUT2D eigenvalue weighted by atomic mass is 9.78. The average molecular weight is 285 g/mol. The molecule has 0 unspecified atom stereocenters. The molecule has 21 heavy (non-hydrogen) atoms. The average Bonchev–Trinajstić information content (AvgIpc) is 2.55. The van der Waals surface area contributed by atoms with E-state index in [0.29, 0.717) is 0 Å². The zero-order chi connectivity index (χ0) is 14.9. The van der Waals surface area contributed by atoms with Crippen molar-refractivity contribution in [2.24, 2.45) is 11.8 Å². The summed E-state index contributed by atoms with van der Waals surface area (Å²) in [7, 11) is 0. The molecular weight excluding hydrogens is 261 g/mol. The first-order valence-electron chi connectivity index (χ1n) is 8.02. The van der Waals surface area contributed by atoms with Crippen LogP contribution in [0.2, 0.25) is 0 Å². The Morgan fingerprint density at radius 2 is 1.71 bits per heavy atom. The van der Waals surface area contributed by atoms with E-state index in [1.54, 1.807) is 6.08 Å². The Hall–Kier alpha value is -1.62. The van der Waals surface area contributed by atoms with Crippen LogP contribution in [-0.2, 0) is 6.42 Å². The lowest BCUT2D eigenvalue weighted by molar-refractivity contribution is 0.265. The van der Waals surface area contributed by atoms with E-state index >= 15 is 0 Å². The lowest BCUT2D eigenvalue weighted by Gasteiger charge is -2.27. The second-order valence-electron chi connectivity index (χ2n) is 6.10. The predicted octanol–water partition coefficient (Wildman–Crippen LogP) is 5.21. The standard InChI is InChI=1S/C19H24FN/c20-14-2-1-3-16-4-6-17(7-5-16)8-9-18-10-12-19(15-21)13-11-18/h1-2,10-13,16-17H,3-9,14H2. The Morgan fingerprint density at radius 3 is 2.33 bits per heavy atom. The van der Waals surface area contributed by atoms with Crippen LogP contribution in [0.4, 0.5) is 4.39 Å². The number of halogens is 1. The molecule has 1 fully saturated rings. The zero-order valence-electron chi connectivity index (χ0n) is 12.6. The maximum Gasteiger partial charge on any atom is 0.108 e. The van der Waals surface area contributed by atoms with Crippen LogP contribution in [0.1, 0.15) is 49.7 Å². The summed E-state index contributed by atoms with van der Waals surface area (Å²) in [4.78, 5) is 0. The number of hydrogen-bond acceptors (Lipinski definition) is 1. The first-order valence-corrected chi connectivity index (χ1v) is 8.02. The zero-order valence-corrected chi connectivity index (χ0v) is 12.6. The van der Waals surface area contributed by atoms with E-state index in [-0.39, 0.29) is 6.67 Å². The molecule has 0 N–H and O–H groups in total. The van der Waals surface area contributed by atoms with E-state index in [4.69, 9.17) is 5.26 Å². The molecule has 0 bridgehead atoms. The number of nitriles is 1. The molecule has 2 heteroatoms. The minimum Gasteiger partial charge on any atom is -0.247 e. The Bertz CT molecular complexity index is 475. The number of allylic oxidation sites excluding steroid dienone is 2. The van der Waals surface area contributed by atoms with Gasteiger partial charge in [0.1, 0.15) is 6.67 Å². The second kappa shape index (κ2) is 8.62. The predicted molar refractivity (Wildman–Crippen MR) is 84.7 cm³/mol. The van der Waals surface area contributed by atoms with Crippen molar-refractivity contribution in [2.45, 2.75) is 44.9 Å². The highest BCUT2D eigenvalue weighted by molar-refractivity contribution is 5.31. The number of alkyl halides is 1. The summed E-state index contributed by atoms with van der Waals surface area (Å²) >= 11 is 0. The SMILES string of the molecule is N#Cc1ccc(CCC2CCC(CC=CCF)CC2)cc1. The molecule has 1 saturated carbocycles. The highest BCUT2D eigenvalue weighted by atomic mass is 19.1. The van der Waals surface area contributed by atoms with E-state index in [9.17, 15) is 4.39 Å². The van der Waals surface area contributed by atoms with Gasteiger partial charge >= 0.3 is 0 Å². The van der Waals surface area contributed by atoms with E-state index in [1.165, 1.54) is 37.7 Å². The van der Waals surface area contributed by atoms with Crippen LogP contribution in [0.3, 0.4) is 0 Å². The maximum atomic E-state index is 12.0. The van der Waals surface area contributed by atoms with Gasteiger partial charge in [0, 0.05) is 0 Å². The van der Waals surface area contributed by atoms with Crippen molar-refractivity contribution >= 4 is 0 Å².